The molecule has 14 heteroatoms. The molecule has 1 amide bonds. The van der Waals surface area contributed by atoms with Crippen molar-refractivity contribution in [3.63, 3.8) is 0 Å². The van der Waals surface area contributed by atoms with E-state index in [9.17, 15) is 13.8 Å². The van der Waals surface area contributed by atoms with Crippen LogP contribution in [0.5, 0.6) is 0 Å². The summed E-state index contributed by atoms with van der Waals surface area (Å²) < 4.78 is 41.6. The van der Waals surface area contributed by atoms with Gasteiger partial charge in [0.05, 0.1) is 30.5 Å². The van der Waals surface area contributed by atoms with Crippen molar-refractivity contribution in [3.05, 3.63) is 48.2 Å². The van der Waals surface area contributed by atoms with E-state index >= 15 is 0 Å². The molecular formula is C16H15FN5O7P. The lowest BCUT2D eigenvalue weighted by Gasteiger charge is -2.13. The van der Waals surface area contributed by atoms with E-state index in [0.717, 1.165) is 6.07 Å². The molecule has 0 saturated carbocycles. The number of amides is 1. The minimum absolute atomic E-state index is 0.0384. The zero-order chi connectivity index (χ0) is 21.3. The van der Waals surface area contributed by atoms with Crippen LogP contribution in [0.1, 0.15) is 5.69 Å². The molecule has 4 rings (SSSR count). The van der Waals surface area contributed by atoms with Crippen molar-refractivity contribution < 1.29 is 37.3 Å². The van der Waals surface area contributed by atoms with Gasteiger partial charge in [0, 0.05) is 12.3 Å². The first kappa shape index (κ1) is 20.2. The van der Waals surface area contributed by atoms with E-state index in [0.29, 0.717) is 12.2 Å². The van der Waals surface area contributed by atoms with Gasteiger partial charge in [0.2, 0.25) is 0 Å². The van der Waals surface area contributed by atoms with Gasteiger partial charge in [-0.2, -0.15) is 0 Å². The van der Waals surface area contributed by atoms with E-state index in [2.05, 4.69) is 20.0 Å². The number of cyclic esters (lactones) is 1. The molecular weight excluding hydrogens is 424 g/mol. The highest BCUT2D eigenvalue weighted by atomic mass is 31.2. The average molecular weight is 439 g/mol. The number of aromatic nitrogens is 4. The van der Waals surface area contributed by atoms with Crippen molar-refractivity contribution in [2.24, 2.45) is 0 Å². The second kappa shape index (κ2) is 7.95. The molecule has 158 valence electrons. The highest BCUT2D eigenvalue weighted by Gasteiger charge is 2.33. The number of ether oxygens (including phenoxy) is 1. The Morgan fingerprint density at radius 1 is 1.33 bits per heavy atom. The van der Waals surface area contributed by atoms with Gasteiger partial charge in [-0.25, -0.2) is 18.4 Å². The van der Waals surface area contributed by atoms with E-state index in [1.165, 1.54) is 34.0 Å². The molecule has 30 heavy (non-hydrogen) atoms. The van der Waals surface area contributed by atoms with Crippen molar-refractivity contribution in [1.82, 2.24) is 20.2 Å². The molecule has 1 fully saturated rings. The van der Waals surface area contributed by atoms with Crippen LogP contribution in [0.3, 0.4) is 0 Å². The lowest BCUT2D eigenvalue weighted by atomic mass is 10.1. The minimum atomic E-state index is -4.67. The maximum atomic E-state index is 14.7. The van der Waals surface area contributed by atoms with Crippen LogP contribution >= 0.6 is 7.82 Å². The van der Waals surface area contributed by atoms with Gasteiger partial charge in [-0.15, -0.1) is 5.10 Å². The third kappa shape index (κ3) is 4.54. The Hall–Kier alpha value is -3.12. The number of hydrogen-bond acceptors (Lipinski definition) is 8. The number of benzene rings is 1. The van der Waals surface area contributed by atoms with Crippen LogP contribution in [0.25, 0.3) is 11.3 Å². The zero-order valence-corrected chi connectivity index (χ0v) is 16.1. The molecule has 0 bridgehead atoms. The fourth-order valence-corrected chi connectivity index (χ4v) is 3.20. The van der Waals surface area contributed by atoms with E-state index in [1.54, 1.807) is 6.20 Å². The fourth-order valence-electron chi connectivity index (χ4n) is 2.89. The smallest absolute Gasteiger partial charge is 0.442 e. The molecule has 0 spiro atoms. The Morgan fingerprint density at radius 3 is 2.87 bits per heavy atom. The van der Waals surface area contributed by atoms with Crippen LogP contribution in [0.4, 0.5) is 14.9 Å². The number of halogens is 1. The third-order valence-electron chi connectivity index (χ3n) is 4.21. The number of carbonyl (C=O) groups is 1. The maximum Gasteiger partial charge on any atom is 0.469 e. The number of nitrogens with zero attached hydrogens (tertiary/aromatic N) is 5. The van der Waals surface area contributed by atoms with E-state index in [-0.39, 0.29) is 23.6 Å². The number of carbonyl (C=O) groups excluding carboxylic acids is 1. The molecule has 1 saturated heterocycles. The standard InChI is InChI=1S/C16H15FN5O7P/c17-14-6-11(22-8-12(28-16(22)23)7-21-4-3-18-20-21)1-2-13(14)15-5-10(19-29-15)9-27-30(24,25)26/h1-6,12H,7-9H2,(H2,24,25,26). The van der Waals surface area contributed by atoms with Gasteiger partial charge in [-0.3, -0.25) is 9.42 Å². The van der Waals surface area contributed by atoms with Crippen molar-refractivity contribution in [1.29, 1.82) is 0 Å². The first-order valence-corrected chi connectivity index (χ1v) is 10.1. The summed E-state index contributed by atoms with van der Waals surface area (Å²) in [5, 5.41) is 11.1. The van der Waals surface area contributed by atoms with Crippen LogP contribution < -0.4 is 4.90 Å². The SMILES string of the molecule is O=C1OC(Cn2ccnn2)CN1c1ccc(-c2cc(COP(=O)(O)O)no2)c(F)c1. The monoisotopic (exact) mass is 439 g/mol. The summed E-state index contributed by atoms with van der Waals surface area (Å²) in [5.74, 6) is -0.643. The van der Waals surface area contributed by atoms with Crippen LogP contribution in [-0.2, 0) is 27.0 Å². The first-order valence-electron chi connectivity index (χ1n) is 8.56. The molecule has 12 nitrogen and oxygen atoms in total. The van der Waals surface area contributed by atoms with Gasteiger partial charge in [0.1, 0.15) is 24.2 Å². The van der Waals surface area contributed by atoms with Gasteiger partial charge in [-0.1, -0.05) is 10.4 Å². The molecule has 2 N–H and O–H groups in total. The van der Waals surface area contributed by atoms with Gasteiger partial charge < -0.3 is 19.0 Å². The maximum absolute atomic E-state index is 14.7. The topological polar surface area (TPSA) is 153 Å². The van der Waals surface area contributed by atoms with E-state index in [4.69, 9.17) is 19.0 Å². The second-order valence-corrected chi connectivity index (χ2v) is 7.59. The Bertz CT molecular complexity index is 1100. The summed E-state index contributed by atoms with van der Waals surface area (Å²) in [4.78, 5) is 30.9. The van der Waals surface area contributed by atoms with Gasteiger partial charge >= 0.3 is 13.9 Å². The zero-order valence-electron chi connectivity index (χ0n) is 15.2. The molecule has 2 aromatic heterocycles. The van der Waals surface area contributed by atoms with Crippen LogP contribution in [0.15, 0.2) is 41.2 Å². The predicted molar refractivity (Wildman–Crippen MR) is 96.4 cm³/mol. The molecule has 3 aromatic rings. The summed E-state index contributed by atoms with van der Waals surface area (Å²) in [6, 6.07) is 5.37. The Labute approximate surface area is 168 Å². The predicted octanol–water partition coefficient (Wildman–Crippen LogP) is 1.71. The summed E-state index contributed by atoms with van der Waals surface area (Å²) in [5.41, 5.74) is 0.434. The van der Waals surface area contributed by atoms with Crippen molar-refractivity contribution in [2.75, 3.05) is 11.4 Å². The normalized spacial score (nSPS) is 16.8. The number of anilines is 1. The highest BCUT2D eigenvalue weighted by molar-refractivity contribution is 7.46. The highest BCUT2D eigenvalue weighted by Crippen LogP contribution is 2.37. The number of hydrogen-bond donors (Lipinski definition) is 2. The van der Waals surface area contributed by atoms with Crippen LogP contribution in [0.2, 0.25) is 0 Å². The van der Waals surface area contributed by atoms with Crippen molar-refractivity contribution in [3.8, 4) is 11.3 Å². The number of phosphoric ester groups is 1. The lowest BCUT2D eigenvalue weighted by Crippen LogP contribution is -2.26. The van der Waals surface area contributed by atoms with E-state index < -0.39 is 32.4 Å². The average Bonchev–Trinajstić information content (AvgIpc) is 3.41. The summed E-state index contributed by atoms with van der Waals surface area (Å²) in [6.07, 6.45) is 2.08. The summed E-state index contributed by atoms with van der Waals surface area (Å²) in [6.45, 7) is 0.0320. The molecule has 1 unspecified atom stereocenters. The molecule has 3 heterocycles. The van der Waals surface area contributed by atoms with Gasteiger partial charge in [0.25, 0.3) is 0 Å². The number of phosphoric acid groups is 1. The molecule has 1 atom stereocenters. The molecule has 0 aliphatic carbocycles. The second-order valence-electron chi connectivity index (χ2n) is 6.35. The van der Waals surface area contributed by atoms with Gasteiger partial charge in [0.15, 0.2) is 5.76 Å². The Morgan fingerprint density at radius 2 is 2.17 bits per heavy atom. The van der Waals surface area contributed by atoms with Gasteiger partial charge in [-0.05, 0) is 18.2 Å². The summed E-state index contributed by atoms with van der Waals surface area (Å²) >= 11 is 0. The van der Waals surface area contributed by atoms with Crippen molar-refractivity contribution >= 4 is 19.6 Å². The van der Waals surface area contributed by atoms with Crippen LogP contribution in [0, 0.1) is 5.82 Å². The Kier molecular flexibility index (Phi) is 5.35. The number of rotatable bonds is 7. The van der Waals surface area contributed by atoms with Crippen LogP contribution in [-0.4, -0.2) is 48.7 Å². The third-order valence-corrected chi connectivity index (χ3v) is 4.67. The van der Waals surface area contributed by atoms with Crippen molar-refractivity contribution in [2.45, 2.75) is 19.3 Å². The minimum Gasteiger partial charge on any atom is -0.442 e. The molecule has 1 aliphatic heterocycles. The Balaban J connectivity index is 1.46. The molecule has 0 radical (unpaired) electrons. The molecule has 1 aromatic carbocycles. The first-order chi connectivity index (χ1) is 14.3. The molecule has 1 aliphatic rings. The summed E-state index contributed by atoms with van der Waals surface area (Å²) in [7, 11) is -4.67. The lowest BCUT2D eigenvalue weighted by molar-refractivity contribution is 0.129. The largest absolute Gasteiger partial charge is 0.469 e. The fraction of sp³-hybridized carbons (Fsp3) is 0.250. The quantitative estimate of drug-likeness (QED) is 0.520. The van der Waals surface area contributed by atoms with E-state index in [1.807, 2.05) is 0 Å².